The zero-order valence-corrected chi connectivity index (χ0v) is 16.9. The van der Waals surface area contributed by atoms with Crippen LogP contribution in [0.3, 0.4) is 0 Å². The van der Waals surface area contributed by atoms with Crippen molar-refractivity contribution in [2.75, 3.05) is 50.4 Å². The van der Waals surface area contributed by atoms with Gasteiger partial charge >= 0.3 is 6.03 Å². The minimum absolute atomic E-state index is 0.264. The highest BCUT2D eigenvalue weighted by Crippen LogP contribution is 2.17. The van der Waals surface area contributed by atoms with Crippen molar-refractivity contribution in [2.45, 2.75) is 13.0 Å². The van der Waals surface area contributed by atoms with E-state index in [1.165, 1.54) is 0 Å². The summed E-state index contributed by atoms with van der Waals surface area (Å²) in [5, 5.41) is 2.74. The van der Waals surface area contributed by atoms with Gasteiger partial charge in [-0.25, -0.2) is 4.79 Å². The van der Waals surface area contributed by atoms with Crippen LogP contribution in [0.2, 0.25) is 0 Å². The number of carbonyl (C=O) groups is 2. The van der Waals surface area contributed by atoms with Gasteiger partial charge in [-0.15, -0.1) is 0 Å². The number of amides is 3. The number of urea groups is 1. The Hall–Kier alpha value is -3.17. The number of nitrogens with zero attached hydrogens (tertiary/aromatic N) is 3. The number of aromatic nitrogens is 1. The molecule has 9 heteroatoms. The molecule has 30 heavy (non-hydrogen) atoms. The second kappa shape index (κ2) is 10.6. The quantitative estimate of drug-likeness (QED) is 0.564. The van der Waals surface area contributed by atoms with Crippen LogP contribution in [0.15, 0.2) is 42.6 Å². The van der Waals surface area contributed by atoms with E-state index >= 15 is 0 Å². The van der Waals surface area contributed by atoms with E-state index in [2.05, 4.69) is 15.2 Å². The highest BCUT2D eigenvalue weighted by Gasteiger charge is 2.15. The van der Waals surface area contributed by atoms with Gasteiger partial charge in [-0.1, -0.05) is 18.2 Å². The molecule has 0 atom stereocenters. The summed E-state index contributed by atoms with van der Waals surface area (Å²) in [6.45, 7) is 5.13. The van der Waals surface area contributed by atoms with Crippen molar-refractivity contribution in [1.29, 1.82) is 0 Å². The number of pyridine rings is 1. The molecule has 1 aliphatic rings. The van der Waals surface area contributed by atoms with Crippen molar-refractivity contribution in [3.8, 4) is 0 Å². The Kier molecular flexibility index (Phi) is 7.58. The Balaban J connectivity index is 1.52. The summed E-state index contributed by atoms with van der Waals surface area (Å²) >= 11 is 0. The number of hydrogen-bond acceptors (Lipinski definition) is 6. The van der Waals surface area contributed by atoms with Gasteiger partial charge in [0.05, 0.1) is 24.6 Å². The lowest BCUT2D eigenvalue weighted by Gasteiger charge is -2.28. The summed E-state index contributed by atoms with van der Waals surface area (Å²) < 4.78 is 5.34. The molecule has 5 N–H and O–H groups in total. The van der Waals surface area contributed by atoms with Gasteiger partial charge < -0.3 is 26.4 Å². The molecule has 2 aromatic rings. The third-order valence-corrected chi connectivity index (χ3v) is 4.96. The van der Waals surface area contributed by atoms with Crippen molar-refractivity contribution in [1.82, 2.24) is 14.8 Å². The van der Waals surface area contributed by atoms with Crippen molar-refractivity contribution >= 4 is 23.3 Å². The Morgan fingerprint density at radius 1 is 1.17 bits per heavy atom. The lowest BCUT2D eigenvalue weighted by Crippen LogP contribution is -2.40. The van der Waals surface area contributed by atoms with Gasteiger partial charge in [0.15, 0.2) is 0 Å². The van der Waals surface area contributed by atoms with Crippen molar-refractivity contribution in [2.24, 2.45) is 5.73 Å². The monoisotopic (exact) mass is 412 g/mol. The fraction of sp³-hybridized carbons (Fsp3) is 0.381. The normalized spacial score (nSPS) is 14.3. The SMILES string of the molecule is NC(=O)N(CCCN1CCOCC1)Cc1ccc(C(=O)Nc2ccccc2N)nc1. The molecular weight excluding hydrogens is 384 g/mol. The highest BCUT2D eigenvalue weighted by molar-refractivity contribution is 6.04. The number of anilines is 2. The summed E-state index contributed by atoms with van der Waals surface area (Å²) in [5.41, 5.74) is 13.5. The summed E-state index contributed by atoms with van der Waals surface area (Å²) in [5.74, 6) is -0.350. The van der Waals surface area contributed by atoms with E-state index in [9.17, 15) is 9.59 Å². The topological polar surface area (TPSA) is 127 Å². The third-order valence-electron chi connectivity index (χ3n) is 4.96. The maximum Gasteiger partial charge on any atom is 0.315 e. The molecular formula is C21H28N6O3. The summed E-state index contributed by atoms with van der Waals surface area (Å²) in [6, 6.07) is 9.94. The first-order valence-electron chi connectivity index (χ1n) is 9.98. The fourth-order valence-corrected chi connectivity index (χ4v) is 3.25. The van der Waals surface area contributed by atoms with Crippen LogP contribution in [0.4, 0.5) is 16.2 Å². The van der Waals surface area contributed by atoms with Gasteiger partial charge in [-0.2, -0.15) is 0 Å². The molecule has 1 aromatic heterocycles. The molecule has 3 amide bonds. The van der Waals surface area contributed by atoms with E-state index in [1.54, 1.807) is 47.5 Å². The Bertz CT molecular complexity index is 852. The molecule has 9 nitrogen and oxygen atoms in total. The zero-order valence-electron chi connectivity index (χ0n) is 16.9. The lowest BCUT2D eigenvalue weighted by atomic mass is 10.2. The van der Waals surface area contributed by atoms with Gasteiger partial charge in [0.1, 0.15) is 5.69 Å². The minimum Gasteiger partial charge on any atom is -0.397 e. The minimum atomic E-state index is -0.474. The smallest absolute Gasteiger partial charge is 0.315 e. The van der Waals surface area contributed by atoms with Crippen LogP contribution >= 0.6 is 0 Å². The first kappa shape index (κ1) is 21.5. The number of nitrogens with one attached hydrogen (secondary N) is 1. The van der Waals surface area contributed by atoms with Gasteiger partial charge in [0.25, 0.3) is 5.91 Å². The average molecular weight is 412 g/mol. The third kappa shape index (κ3) is 6.16. The van der Waals surface area contributed by atoms with E-state index in [-0.39, 0.29) is 11.6 Å². The van der Waals surface area contributed by atoms with Gasteiger partial charge in [-0.3, -0.25) is 14.7 Å². The van der Waals surface area contributed by atoms with Crippen LogP contribution in [0.25, 0.3) is 0 Å². The number of nitrogens with two attached hydrogens (primary N) is 2. The molecule has 0 radical (unpaired) electrons. The van der Waals surface area contributed by atoms with Crippen LogP contribution in [0, 0.1) is 0 Å². The summed E-state index contributed by atoms with van der Waals surface area (Å²) in [7, 11) is 0. The van der Waals surface area contributed by atoms with Crippen LogP contribution in [0.1, 0.15) is 22.5 Å². The molecule has 0 bridgehead atoms. The zero-order chi connectivity index (χ0) is 21.3. The number of benzene rings is 1. The number of carbonyl (C=O) groups excluding carboxylic acids is 2. The molecule has 0 unspecified atom stereocenters. The van der Waals surface area contributed by atoms with Crippen LogP contribution in [-0.4, -0.2) is 66.1 Å². The van der Waals surface area contributed by atoms with E-state index in [0.717, 1.165) is 44.8 Å². The predicted octanol–water partition coefficient (Wildman–Crippen LogP) is 1.52. The number of morpholine rings is 1. The van der Waals surface area contributed by atoms with Gasteiger partial charge in [-0.05, 0) is 30.2 Å². The first-order chi connectivity index (χ1) is 14.5. The molecule has 1 saturated heterocycles. The highest BCUT2D eigenvalue weighted by atomic mass is 16.5. The van der Waals surface area contributed by atoms with Gasteiger partial charge in [0.2, 0.25) is 0 Å². The average Bonchev–Trinajstić information content (AvgIpc) is 2.75. The molecule has 3 rings (SSSR count). The lowest BCUT2D eigenvalue weighted by molar-refractivity contribution is 0.0365. The number of rotatable bonds is 8. The number of ether oxygens (including phenoxy) is 1. The van der Waals surface area contributed by atoms with E-state index < -0.39 is 6.03 Å². The Morgan fingerprint density at radius 2 is 1.93 bits per heavy atom. The standard InChI is InChI=1S/C21H28N6O3/c22-17-4-1-2-5-18(17)25-20(28)19-7-6-16(14-24-19)15-27(21(23)29)9-3-8-26-10-12-30-13-11-26/h1-2,4-7,14H,3,8-13,15,22H2,(H2,23,29)(H,25,28). The predicted molar refractivity (Wildman–Crippen MR) is 115 cm³/mol. The number of nitrogen functional groups attached to an aromatic ring is 1. The molecule has 1 fully saturated rings. The first-order valence-corrected chi connectivity index (χ1v) is 9.98. The largest absolute Gasteiger partial charge is 0.397 e. The van der Waals surface area contributed by atoms with Crippen LogP contribution in [0.5, 0.6) is 0 Å². The number of primary amides is 1. The van der Waals surface area contributed by atoms with Crippen molar-refractivity contribution in [3.05, 3.63) is 53.9 Å². The van der Waals surface area contributed by atoms with Crippen molar-refractivity contribution in [3.63, 3.8) is 0 Å². The number of hydrogen-bond donors (Lipinski definition) is 3. The molecule has 1 aliphatic heterocycles. The molecule has 0 aliphatic carbocycles. The van der Waals surface area contributed by atoms with Crippen molar-refractivity contribution < 1.29 is 14.3 Å². The molecule has 160 valence electrons. The Labute approximate surface area is 176 Å². The van der Waals surface area contributed by atoms with E-state index in [1.807, 2.05) is 0 Å². The molecule has 0 spiro atoms. The molecule has 1 aromatic carbocycles. The molecule has 0 saturated carbocycles. The second-order valence-corrected chi connectivity index (χ2v) is 7.16. The summed E-state index contributed by atoms with van der Waals surface area (Å²) in [6.07, 6.45) is 2.41. The number of para-hydroxylation sites is 2. The van der Waals surface area contributed by atoms with Crippen LogP contribution < -0.4 is 16.8 Å². The van der Waals surface area contributed by atoms with E-state index in [4.69, 9.17) is 16.2 Å². The van der Waals surface area contributed by atoms with E-state index in [0.29, 0.717) is 24.5 Å². The molecule has 2 heterocycles. The maximum atomic E-state index is 12.4. The van der Waals surface area contributed by atoms with Gasteiger partial charge in [0, 0.05) is 38.9 Å². The maximum absolute atomic E-state index is 12.4. The summed E-state index contributed by atoms with van der Waals surface area (Å²) in [4.78, 5) is 32.3. The fourth-order valence-electron chi connectivity index (χ4n) is 3.25. The van der Waals surface area contributed by atoms with Crippen LogP contribution in [-0.2, 0) is 11.3 Å². The Morgan fingerprint density at radius 3 is 2.60 bits per heavy atom. The second-order valence-electron chi connectivity index (χ2n) is 7.16.